The molecule has 2 nitrogen and oxygen atoms in total. The number of hydrogen-bond donors (Lipinski definition) is 0. The van der Waals surface area contributed by atoms with Gasteiger partial charge in [0.25, 0.3) is 0 Å². The lowest BCUT2D eigenvalue weighted by molar-refractivity contribution is 0.284. The minimum atomic E-state index is 0.664. The van der Waals surface area contributed by atoms with E-state index in [1.807, 2.05) is 11.8 Å². The lowest BCUT2D eigenvalue weighted by Gasteiger charge is -2.32. The normalized spacial score (nSPS) is 25.6. The molecule has 1 aliphatic carbocycles. The maximum atomic E-state index is 4.76. The van der Waals surface area contributed by atoms with Crippen LogP contribution in [0.3, 0.4) is 0 Å². The highest BCUT2D eigenvalue weighted by Gasteiger charge is 2.24. The fourth-order valence-electron chi connectivity index (χ4n) is 1.82. The van der Waals surface area contributed by atoms with Crippen LogP contribution in [0, 0.1) is 5.92 Å². The van der Waals surface area contributed by atoms with Crippen molar-refractivity contribution in [2.24, 2.45) is 10.9 Å². The van der Waals surface area contributed by atoms with E-state index in [4.69, 9.17) is 4.99 Å². The van der Waals surface area contributed by atoms with Gasteiger partial charge in [-0.1, -0.05) is 18.7 Å². The highest BCUT2D eigenvalue weighted by molar-refractivity contribution is 8.13. The number of hydrogen-bond acceptors (Lipinski definition) is 2. The van der Waals surface area contributed by atoms with Gasteiger partial charge in [-0.15, -0.1) is 0 Å². The van der Waals surface area contributed by atoms with Crippen LogP contribution in [0.4, 0.5) is 0 Å². The first kappa shape index (κ1) is 10.3. The lowest BCUT2D eigenvalue weighted by Crippen LogP contribution is -2.36. The number of nitrogens with zero attached hydrogens (tertiary/aromatic N) is 2. The molecule has 3 heteroatoms. The Bertz CT molecular complexity index is 215. The maximum Gasteiger partial charge on any atom is 0.159 e. The number of amidine groups is 1. The topological polar surface area (TPSA) is 15.6 Å². The van der Waals surface area contributed by atoms with Gasteiger partial charge in [-0.05, 0) is 37.9 Å². The summed E-state index contributed by atoms with van der Waals surface area (Å²) in [6, 6.07) is 0.664. The van der Waals surface area contributed by atoms with Crippen molar-refractivity contribution in [3.05, 3.63) is 0 Å². The second-order valence-corrected chi connectivity index (χ2v) is 5.29. The molecule has 14 heavy (non-hydrogen) atoms. The summed E-state index contributed by atoms with van der Waals surface area (Å²) in [6.45, 7) is 4.79. The van der Waals surface area contributed by atoms with E-state index in [-0.39, 0.29) is 0 Å². The van der Waals surface area contributed by atoms with Crippen molar-refractivity contribution in [3.63, 3.8) is 0 Å². The SMILES string of the molecule is CSC(=NC1CC1)N1CCC(C)CC1. The highest BCUT2D eigenvalue weighted by atomic mass is 32.2. The summed E-state index contributed by atoms with van der Waals surface area (Å²) in [5, 5.41) is 1.29. The Morgan fingerprint density at radius 1 is 1.21 bits per heavy atom. The van der Waals surface area contributed by atoms with Gasteiger partial charge in [0.05, 0.1) is 6.04 Å². The minimum Gasteiger partial charge on any atom is -0.351 e. The lowest BCUT2D eigenvalue weighted by atomic mass is 10.00. The maximum absolute atomic E-state index is 4.76. The van der Waals surface area contributed by atoms with E-state index < -0.39 is 0 Å². The molecule has 0 bridgehead atoms. The van der Waals surface area contributed by atoms with Crippen molar-refractivity contribution >= 4 is 16.9 Å². The molecule has 0 N–H and O–H groups in total. The van der Waals surface area contributed by atoms with E-state index in [0.29, 0.717) is 6.04 Å². The van der Waals surface area contributed by atoms with Gasteiger partial charge in [0.1, 0.15) is 0 Å². The Morgan fingerprint density at radius 2 is 1.86 bits per heavy atom. The van der Waals surface area contributed by atoms with Crippen LogP contribution in [-0.4, -0.2) is 35.5 Å². The summed E-state index contributed by atoms with van der Waals surface area (Å²) in [7, 11) is 0. The Kier molecular flexibility index (Phi) is 3.37. The predicted molar refractivity (Wildman–Crippen MR) is 63.9 cm³/mol. The van der Waals surface area contributed by atoms with Crippen molar-refractivity contribution in [1.82, 2.24) is 4.90 Å². The van der Waals surface area contributed by atoms with Crippen molar-refractivity contribution in [3.8, 4) is 0 Å². The van der Waals surface area contributed by atoms with Crippen molar-refractivity contribution in [1.29, 1.82) is 0 Å². The largest absolute Gasteiger partial charge is 0.351 e. The van der Waals surface area contributed by atoms with Gasteiger partial charge in [0.2, 0.25) is 0 Å². The van der Waals surface area contributed by atoms with Crippen molar-refractivity contribution < 1.29 is 0 Å². The zero-order valence-electron chi connectivity index (χ0n) is 9.20. The highest BCUT2D eigenvalue weighted by Crippen LogP contribution is 2.27. The number of rotatable bonds is 1. The average Bonchev–Trinajstić information content (AvgIpc) is 3.00. The molecule has 2 rings (SSSR count). The number of piperidine rings is 1. The fourth-order valence-corrected chi connectivity index (χ4v) is 2.52. The van der Waals surface area contributed by atoms with Crippen LogP contribution in [0.5, 0.6) is 0 Å². The molecule has 0 spiro atoms. The fraction of sp³-hybridized carbons (Fsp3) is 0.909. The molecule has 1 heterocycles. The van der Waals surface area contributed by atoms with E-state index in [2.05, 4.69) is 18.1 Å². The van der Waals surface area contributed by atoms with E-state index >= 15 is 0 Å². The summed E-state index contributed by atoms with van der Waals surface area (Å²) < 4.78 is 0. The smallest absolute Gasteiger partial charge is 0.159 e. The van der Waals surface area contributed by atoms with E-state index in [9.17, 15) is 0 Å². The Balaban J connectivity index is 1.91. The first-order chi connectivity index (χ1) is 6.79. The van der Waals surface area contributed by atoms with Gasteiger partial charge in [-0.2, -0.15) is 0 Å². The van der Waals surface area contributed by atoms with Crippen LogP contribution in [-0.2, 0) is 0 Å². The van der Waals surface area contributed by atoms with Crippen LogP contribution in [0.25, 0.3) is 0 Å². The molecule has 2 aliphatic rings. The Morgan fingerprint density at radius 3 is 2.36 bits per heavy atom. The van der Waals surface area contributed by atoms with Gasteiger partial charge in [-0.25, -0.2) is 0 Å². The summed E-state index contributed by atoms with van der Waals surface area (Å²) in [5.41, 5.74) is 0. The molecule has 1 saturated heterocycles. The average molecular weight is 212 g/mol. The second kappa shape index (κ2) is 4.56. The zero-order chi connectivity index (χ0) is 9.97. The van der Waals surface area contributed by atoms with Gasteiger partial charge < -0.3 is 4.90 Å². The van der Waals surface area contributed by atoms with Gasteiger partial charge >= 0.3 is 0 Å². The monoisotopic (exact) mass is 212 g/mol. The molecular formula is C11H20N2S. The first-order valence-electron chi connectivity index (χ1n) is 5.66. The molecule has 0 atom stereocenters. The van der Waals surface area contributed by atoms with Gasteiger partial charge in [0, 0.05) is 13.1 Å². The first-order valence-corrected chi connectivity index (χ1v) is 6.89. The second-order valence-electron chi connectivity index (χ2n) is 4.52. The molecule has 0 amide bonds. The third kappa shape index (κ3) is 2.66. The molecule has 0 aromatic heterocycles. The summed E-state index contributed by atoms with van der Waals surface area (Å²) in [6.07, 6.45) is 7.45. The molecule has 0 radical (unpaired) electrons. The van der Waals surface area contributed by atoms with Gasteiger partial charge in [-0.3, -0.25) is 4.99 Å². The molecule has 80 valence electrons. The molecule has 0 aromatic carbocycles. The minimum absolute atomic E-state index is 0.664. The van der Waals surface area contributed by atoms with Crippen molar-refractivity contribution in [2.75, 3.05) is 19.3 Å². The Hall–Kier alpha value is -0.180. The quantitative estimate of drug-likeness (QED) is 0.490. The number of thioether (sulfide) groups is 1. The van der Waals surface area contributed by atoms with Gasteiger partial charge in [0.15, 0.2) is 5.17 Å². The van der Waals surface area contributed by atoms with Crippen LogP contribution in [0.2, 0.25) is 0 Å². The molecule has 1 aliphatic heterocycles. The summed E-state index contributed by atoms with van der Waals surface area (Å²) >= 11 is 1.82. The third-order valence-corrected chi connectivity index (χ3v) is 3.81. The Labute approximate surface area is 91.2 Å². The number of likely N-dealkylation sites (tertiary alicyclic amines) is 1. The number of aliphatic imine (C=N–C) groups is 1. The van der Waals surface area contributed by atoms with Crippen LogP contribution in [0.1, 0.15) is 32.6 Å². The third-order valence-electron chi connectivity index (χ3n) is 3.08. The van der Waals surface area contributed by atoms with Crippen LogP contribution < -0.4 is 0 Å². The van der Waals surface area contributed by atoms with E-state index in [0.717, 1.165) is 5.92 Å². The molecule has 2 fully saturated rings. The van der Waals surface area contributed by atoms with Crippen LogP contribution >= 0.6 is 11.8 Å². The summed E-state index contributed by atoms with van der Waals surface area (Å²) in [5.74, 6) is 0.912. The van der Waals surface area contributed by atoms with E-state index in [1.54, 1.807) is 0 Å². The van der Waals surface area contributed by atoms with Crippen molar-refractivity contribution in [2.45, 2.75) is 38.6 Å². The molecule has 1 saturated carbocycles. The molecule has 0 unspecified atom stereocenters. The predicted octanol–water partition coefficient (Wildman–Crippen LogP) is 2.60. The molecule has 0 aromatic rings. The zero-order valence-corrected chi connectivity index (χ0v) is 10.0. The standard InChI is InChI=1S/C11H20N2S/c1-9-5-7-13(8-6-9)11(14-2)12-10-3-4-10/h9-10H,3-8H2,1-2H3. The molecular weight excluding hydrogens is 192 g/mol. The van der Waals surface area contributed by atoms with Crippen LogP contribution in [0.15, 0.2) is 4.99 Å². The van der Waals surface area contributed by atoms with E-state index in [1.165, 1.54) is 43.9 Å². The summed E-state index contributed by atoms with van der Waals surface area (Å²) in [4.78, 5) is 7.24.